The molecule has 3 aromatic carbocycles. The van der Waals surface area contributed by atoms with Gasteiger partial charge in [-0.05, 0) is 49.2 Å². The number of hydrogen-bond acceptors (Lipinski definition) is 6. The number of carboxylic acids is 1. The van der Waals surface area contributed by atoms with Gasteiger partial charge in [-0.25, -0.2) is 4.79 Å². The maximum atomic E-state index is 10.6. The van der Waals surface area contributed by atoms with Crippen molar-refractivity contribution in [2.45, 2.75) is 26.2 Å². The molecule has 4 aromatic rings. The molecule has 0 saturated carbocycles. The van der Waals surface area contributed by atoms with Crippen molar-refractivity contribution in [1.82, 2.24) is 5.16 Å². The van der Waals surface area contributed by atoms with Gasteiger partial charge in [0.15, 0.2) is 12.2 Å². The molecule has 0 fully saturated rings. The topological polar surface area (TPSA) is 93.8 Å². The van der Waals surface area contributed by atoms with Crippen molar-refractivity contribution in [2.75, 3.05) is 25.1 Å². The number of nitrogens with zero attached hydrogens (tertiary/aromatic N) is 1. The smallest absolute Gasteiger partial charge is 0.341 e. The molecule has 176 valence electrons. The summed E-state index contributed by atoms with van der Waals surface area (Å²) in [6, 6.07) is 21.3. The molecule has 0 aliphatic carbocycles. The Morgan fingerprint density at radius 3 is 2.56 bits per heavy atom. The third-order valence-electron chi connectivity index (χ3n) is 5.37. The Kier molecular flexibility index (Phi) is 7.65. The number of rotatable bonds is 12. The number of carboxylic acid groups (broad SMARTS) is 1. The average Bonchev–Trinajstić information content (AvgIpc) is 3.29. The van der Waals surface area contributed by atoms with E-state index in [9.17, 15) is 4.79 Å². The highest BCUT2D eigenvalue weighted by Gasteiger charge is 2.17. The van der Waals surface area contributed by atoms with Gasteiger partial charge in [-0.2, -0.15) is 0 Å². The minimum Gasteiger partial charge on any atom is -0.493 e. The van der Waals surface area contributed by atoms with Gasteiger partial charge < -0.3 is 24.4 Å². The molecular formula is C27H28N2O5. The molecule has 0 atom stereocenters. The number of aromatic nitrogens is 1. The predicted octanol–water partition coefficient (Wildman–Crippen LogP) is 5.79. The van der Waals surface area contributed by atoms with Gasteiger partial charge in [0.1, 0.15) is 17.2 Å². The van der Waals surface area contributed by atoms with Crippen molar-refractivity contribution in [2.24, 2.45) is 0 Å². The molecule has 7 heteroatoms. The van der Waals surface area contributed by atoms with E-state index in [0.717, 1.165) is 65.0 Å². The lowest BCUT2D eigenvalue weighted by molar-refractivity contribution is -0.139. The summed E-state index contributed by atoms with van der Waals surface area (Å²) in [5, 5.41) is 17.3. The van der Waals surface area contributed by atoms with Crippen LogP contribution >= 0.6 is 0 Å². The van der Waals surface area contributed by atoms with E-state index in [1.807, 2.05) is 54.6 Å². The Bertz CT molecular complexity index is 1220. The highest BCUT2D eigenvalue weighted by atomic mass is 16.5. The molecule has 0 aliphatic rings. The number of aliphatic carboxylic acids is 1. The highest BCUT2D eigenvalue weighted by molar-refractivity contribution is 5.94. The summed E-state index contributed by atoms with van der Waals surface area (Å²) in [5.41, 5.74) is 4.67. The van der Waals surface area contributed by atoms with Crippen LogP contribution in [0, 0.1) is 0 Å². The molecule has 0 aliphatic heterocycles. The van der Waals surface area contributed by atoms with Crippen molar-refractivity contribution in [3.63, 3.8) is 0 Å². The van der Waals surface area contributed by atoms with E-state index in [1.165, 1.54) is 0 Å². The molecule has 0 spiro atoms. The Morgan fingerprint density at radius 1 is 1.03 bits per heavy atom. The largest absolute Gasteiger partial charge is 0.493 e. The fraction of sp³-hybridized carbons (Fsp3) is 0.259. The molecule has 7 nitrogen and oxygen atoms in total. The summed E-state index contributed by atoms with van der Waals surface area (Å²) in [7, 11) is 0. The van der Waals surface area contributed by atoms with E-state index < -0.39 is 5.97 Å². The number of hydrogen-bond donors (Lipinski definition) is 2. The first kappa shape index (κ1) is 23.2. The molecule has 0 saturated heterocycles. The molecule has 34 heavy (non-hydrogen) atoms. The number of benzene rings is 3. The molecule has 4 rings (SSSR count). The molecular weight excluding hydrogens is 432 g/mol. The highest BCUT2D eigenvalue weighted by Crippen LogP contribution is 2.35. The van der Waals surface area contributed by atoms with Crippen molar-refractivity contribution >= 4 is 22.6 Å². The second-order valence-electron chi connectivity index (χ2n) is 7.90. The third-order valence-corrected chi connectivity index (χ3v) is 5.37. The van der Waals surface area contributed by atoms with Crippen LogP contribution in [0.15, 0.2) is 71.3 Å². The first-order valence-corrected chi connectivity index (χ1v) is 11.4. The number of aryl methyl sites for hydroxylation is 1. The minimum atomic E-state index is -0.997. The lowest BCUT2D eigenvalue weighted by atomic mass is 10.0. The zero-order valence-electron chi connectivity index (χ0n) is 19.1. The number of ether oxygens (including phenoxy) is 2. The first-order valence-electron chi connectivity index (χ1n) is 11.4. The standard InChI is InChI=1S/C27H28N2O5/c1-2-7-22-24(15-14-23-26(29-34-27(22)23)19-8-4-3-5-9-19)32-17-6-16-28-20-10-12-21(13-11-20)33-18-25(30)31/h3-5,8-15,28H,2,6-7,16-18H2,1H3,(H,30,31). The van der Waals surface area contributed by atoms with Gasteiger partial charge in [0, 0.05) is 23.4 Å². The number of fused-ring (bicyclic) bond motifs is 1. The van der Waals surface area contributed by atoms with Crippen LogP contribution in [0.1, 0.15) is 25.3 Å². The average molecular weight is 461 g/mol. The van der Waals surface area contributed by atoms with Crippen LogP contribution in [0.3, 0.4) is 0 Å². The second-order valence-corrected chi connectivity index (χ2v) is 7.90. The molecule has 0 radical (unpaired) electrons. The van der Waals surface area contributed by atoms with Crippen molar-refractivity contribution in [1.29, 1.82) is 0 Å². The van der Waals surface area contributed by atoms with Crippen LogP contribution in [0.25, 0.3) is 22.2 Å². The predicted molar refractivity (Wildman–Crippen MR) is 132 cm³/mol. The maximum Gasteiger partial charge on any atom is 0.341 e. The molecule has 1 heterocycles. The fourth-order valence-corrected chi connectivity index (χ4v) is 3.77. The first-order chi connectivity index (χ1) is 16.7. The van der Waals surface area contributed by atoms with Gasteiger partial charge in [0.2, 0.25) is 0 Å². The number of nitrogens with one attached hydrogen (secondary N) is 1. The summed E-state index contributed by atoms with van der Waals surface area (Å²) in [4.78, 5) is 10.6. The van der Waals surface area contributed by atoms with Crippen LogP contribution < -0.4 is 14.8 Å². The summed E-state index contributed by atoms with van der Waals surface area (Å²) in [5.74, 6) is 0.367. The van der Waals surface area contributed by atoms with Crippen LogP contribution in [0.5, 0.6) is 11.5 Å². The van der Waals surface area contributed by atoms with E-state index >= 15 is 0 Å². The maximum absolute atomic E-state index is 10.6. The molecule has 0 unspecified atom stereocenters. The van der Waals surface area contributed by atoms with Gasteiger partial charge in [-0.15, -0.1) is 0 Å². The number of anilines is 1. The van der Waals surface area contributed by atoms with E-state index in [1.54, 1.807) is 12.1 Å². The van der Waals surface area contributed by atoms with E-state index in [0.29, 0.717) is 12.4 Å². The van der Waals surface area contributed by atoms with Gasteiger partial charge in [-0.1, -0.05) is 48.8 Å². The van der Waals surface area contributed by atoms with Crippen molar-refractivity contribution in [3.8, 4) is 22.8 Å². The van der Waals surface area contributed by atoms with Gasteiger partial charge in [0.05, 0.1) is 12.0 Å². The summed E-state index contributed by atoms with van der Waals surface area (Å²) >= 11 is 0. The van der Waals surface area contributed by atoms with Gasteiger partial charge in [0.25, 0.3) is 0 Å². The molecule has 1 aromatic heterocycles. The monoisotopic (exact) mass is 460 g/mol. The Morgan fingerprint density at radius 2 is 1.82 bits per heavy atom. The SMILES string of the molecule is CCCc1c(OCCCNc2ccc(OCC(=O)O)cc2)ccc2c(-c3ccccc3)noc12. The normalized spacial score (nSPS) is 10.9. The van der Waals surface area contributed by atoms with Gasteiger partial charge in [-0.3, -0.25) is 0 Å². The van der Waals surface area contributed by atoms with Crippen LogP contribution in [-0.2, 0) is 11.2 Å². The molecule has 0 bridgehead atoms. The van der Waals surface area contributed by atoms with Crippen LogP contribution in [0.4, 0.5) is 5.69 Å². The summed E-state index contributed by atoms with van der Waals surface area (Å²) in [6.07, 6.45) is 2.64. The van der Waals surface area contributed by atoms with E-state index in [4.69, 9.17) is 19.1 Å². The lowest BCUT2D eigenvalue weighted by Gasteiger charge is -2.12. The Balaban J connectivity index is 1.34. The molecule has 2 N–H and O–H groups in total. The van der Waals surface area contributed by atoms with Crippen molar-refractivity contribution < 1.29 is 23.9 Å². The minimum absolute atomic E-state index is 0.350. The fourth-order valence-electron chi connectivity index (χ4n) is 3.77. The van der Waals surface area contributed by atoms with Gasteiger partial charge >= 0.3 is 5.97 Å². The quantitative estimate of drug-likeness (QED) is 0.258. The van der Waals surface area contributed by atoms with E-state index in [-0.39, 0.29) is 6.61 Å². The number of carbonyl (C=O) groups is 1. The third kappa shape index (κ3) is 5.67. The second kappa shape index (κ2) is 11.2. The lowest BCUT2D eigenvalue weighted by Crippen LogP contribution is -2.10. The van der Waals surface area contributed by atoms with Crippen molar-refractivity contribution in [3.05, 3.63) is 72.3 Å². The van der Waals surface area contributed by atoms with E-state index in [2.05, 4.69) is 17.4 Å². The zero-order chi connectivity index (χ0) is 23.8. The van der Waals surface area contributed by atoms with Crippen LogP contribution in [0.2, 0.25) is 0 Å². The summed E-state index contributed by atoms with van der Waals surface area (Å²) < 4.78 is 17.0. The Hall–Kier alpha value is -4.00. The Labute approximate surface area is 198 Å². The van der Waals surface area contributed by atoms with Crippen LogP contribution in [-0.4, -0.2) is 36.0 Å². The molecule has 0 amide bonds. The zero-order valence-corrected chi connectivity index (χ0v) is 19.1. The summed E-state index contributed by atoms with van der Waals surface area (Å²) in [6.45, 7) is 3.09.